The predicted molar refractivity (Wildman–Crippen MR) is 84.5 cm³/mol. The van der Waals surface area contributed by atoms with Gasteiger partial charge in [0.05, 0.1) is 11.7 Å². The van der Waals surface area contributed by atoms with E-state index in [0.29, 0.717) is 24.8 Å². The first-order chi connectivity index (χ1) is 10.0. The highest BCUT2D eigenvalue weighted by molar-refractivity contribution is 6.17. The topological polar surface area (TPSA) is 59.8 Å². The van der Waals surface area contributed by atoms with Crippen molar-refractivity contribution < 1.29 is 4.79 Å². The van der Waals surface area contributed by atoms with Crippen molar-refractivity contribution in [1.82, 2.24) is 19.9 Å². The third-order valence-electron chi connectivity index (χ3n) is 3.33. The average Bonchev–Trinajstić information content (AvgIpc) is 2.82. The number of rotatable bonds is 6. The van der Waals surface area contributed by atoms with Gasteiger partial charge in [-0.15, -0.1) is 11.6 Å². The van der Waals surface area contributed by atoms with Crippen LogP contribution in [0, 0.1) is 5.92 Å². The summed E-state index contributed by atoms with van der Waals surface area (Å²) in [6, 6.07) is 1.56. The Labute approximate surface area is 129 Å². The van der Waals surface area contributed by atoms with Gasteiger partial charge in [-0.05, 0) is 18.9 Å². The maximum atomic E-state index is 12.3. The number of aromatic nitrogens is 3. The Hall–Kier alpha value is -1.62. The SMILES string of the molecule is CC(C)CNC(=O)C(C)n1c(CCCl)nc2cnccc21. The zero-order valence-electron chi connectivity index (χ0n) is 12.6. The molecule has 1 unspecified atom stereocenters. The van der Waals surface area contributed by atoms with Gasteiger partial charge < -0.3 is 9.88 Å². The number of fused-ring (bicyclic) bond motifs is 1. The molecule has 6 heteroatoms. The highest BCUT2D eigenvalue weighted by Gasteiger charge is 2.21. The summed E-state index contributed by atoms with van der Waals surface area (Å²) in [6.45, 7) is 6.70. The molecule has 21 heavy (non-hydrogen) atoms. The number of hydrogen-bond donors (Lipinski definition) is 1. The van der Waals surface area contributed by atoms with Crippen LogP contribution in [0.5, 0.6) is 0 Å². The van der Waals surface area contributed by atoms with Crippen molar-refractivity contribution in [3.8, 4) is 0 Å². The zero-order valence-corrected chi connectivity index (χ0v) is 13.4. The minimum absolute atomic E-state index is 0.00404. The summed E-state index contributed by atoms with van der Waals surface area (Å²) in [4.78, 5) is 21.0. The van der Waals surface area contributed by atoms with Gasteiger partial charge in [-0.1, -0.05) is 13.8 Å². The van der Waals surface area contributed by atoms with E-state index < -0.39 is 0 Å². The summed E-state index contributed by atoms with van der Waals surface area (Å²) in [5, 5.41) is 2.97. The van der Waals surface area contributed by atoms with Crippen LogP contribution in [0.3, 0.4) is 0 Å². The van der Waals surface area contributed by atoms with Crippen molar-refractivity contribution in [3.05, 3.63) is 24.3 Å². The lowest BCUT2D eigenvalue weighted by Crippen LogP contribution is -2.34. The zero-order chi connectivity index (χ0) is 15.4. The normalized spacial score (nSPS) is 12.8. The highest BCUT2D eigenvalue weighted by atomic mass is 35.5. The number of amides is 1. The smallest absolute Gasteiger partial charge is 0.242 e. The van der Waals surface area contributed by atoms with Gasteiger partial charge in [-0.25, -0.2) is 4.98 Å². The van der Waals surface area contributed by atoms with E-state index in [-0.39, 0.29) is 11.9 Å². The molecule has 2 heterocycles. The van der Waals surface area contributed by atoms with Crippen molar-refractivity contribution in [2.75, 3.05) is 12.4 Å². The maximum Gasteiger partial charge on any atom is 0.242 e. The molecule has 0 saturated heterocycles. The Morgan fingerprint density at radius 3 is 2.86 bits per heavy atom. The van der Waals surface area contributed by atoms with Crippen LogP contribution in [-0.4, -0.2) is 32.9 Å². The van der Waals surface area contributed by atoms with Crippen molar-refractivity contribution >= 4 is 28.5 Å². The second kappa shape index (κ2) is 6.89. The van der Waals surface area contributed by atoms with E-state index in [4.69, 9.17) is 11.6 Å². The minimum Gasteiger partial charge on any atom is -0.354 e. The summed E-state index contributed by atoms with van der Waals surface area (Å²) in [6.07, 6.45) is 4.05. The molecular formula is C15H21ClN4O. The standard InChI is InChI=1S/C15H21ClN4O/c1-10(2)8-18-15(21)11(3)20-13-5-7-17-9-12(13)19-14(20)4-6-16/h5,7,9-11H,4,6,8H2,1-3H3,(H,18,21). The lowest BCUT2D eigenvalue weighted by atomic mass is 10.2. The molecule has 0 aliphatic heterocycles. The quantitative estimate of drug-likeness (QED) is 0.834. The van der Waals surface area contributed by atoms with E-state index in [9.17, 15) is 4.79 Å². The molecule has 0 fully saturated rings. The third kappa shape index (κ3) is 3.53. The first kappa shape index (κ1) is 15.8. The van der Waals surface area contributed by atoms with E-state index in [1.165, 1.54) is 0 Å². The second-order valence-corrected chi connectivity index (χ2v) is 5.89. The lowest BCUT2D eigenvalue weighted by molar-refractivity contribution is -0.124. The number of aryl methyl sites for hydroxylation is 1. The monoisotopic (exact) mass is 308 g/mol. The van der Waals surface area contributed by atoms with E-state index in [1.807, 2.05) is 17.6 Å². The predicted octanol–water partition coefficient (Wildman–Crippen LogP) is 2.55. The van der Waals surface area contributed by atoms with Gasteiger partial charge >= 0.3 is 0 Å². The van der Waals surface area contributed by atoms with Gasteiger partial charge in [-0.3, -0.25) is 9.78 Å². The van der Waals surface area contributed by atoms with Gasteiger partial charge in [0, 0.05) is 25.0 Å². The first-order valence-corrected chi connectivity index (χ1v) is 7.72. The number of halogens is 1. The van der Waals surface area contributed by atoms with Crippen LogP contribution in [0.15, 0.2) is 18.5 Å². The second-order valence-electron chi connectivity index (χ2n) is 5.52. The Kier molecular flexibility index (Phi) is 5.17. The minimum atomic E-state index is -0.325. The molecule has 0 aliphatic carbocycles. The molecule has 0 radical (unpaired) electrons. The van der Waals surface area contributed by atoms with E-state index >= 15 is 0 Å². The van der Waals surface area contributed by atoms with Crippen LogP contribution in [0.25, 0.3) is 11.0 Å². The average molecular weight is 309 g/mol. The number of hydrogen-bond acceptors (Lipinski definition) is 3. The summed E-state index contributed by atoms with van der Waals surface area (Å²) in [7, 11) is 0. The van der Waals surface area contributed by atoms with Gasteiger partial charge in [0.1, 0.15) is 17.4 Å². The molecule has 0 bridgehead atoms. The molecule has 0 aliphatic rings. The summed E-state index contributed by atoms with van der Waals surface area (Å²) >= 11 is 5.85. The molecule has 0 saturated carbocycles. The van der Waals surface area contributed by atoms with Crippen molar-refractivity contribution in [2.45, 2.75) is 33.2 Å². The fourth-order valence-electron chi connectivity index (χ4n) is 2.26. The maximum absolute atomic E-state index is 12.3. The molecule has 2 aromatic heterocycles. The number of imidazole rings is 1. The molecule has 1 N–H and O–H groups in total. The van der Waals surface area contributed by atoms with E-state index in [2.05, 4.69) is 29.1 Å². The summed E-state index contributed by atoms with van der Waals surface area (Å²) in [5.41, 5.74) is 1.71. The molecule has 114 valence electrons. The number of carbonyl (C=O) groups excluding carboxylic acids is 1. The van der Waals surface area contributed by atoms with Crippen LogP contribution in [0.4, 0.5) is 0 Å². The Bertz CT molecular complexity index is 623. The van der Waals surface area contributed by atoms with Crippen LogP contribution in [0.1, 0.15) is 32.6 Å². The fraction of sp³-hybridized carbons (Fsp3) is 0.533. The number of pyridine rings is 1. The Balaban J connectivity index is 2.34. The summed E-state index contributed by atoms with van der Waals surface area (Å²) < 4.78 is 1.95. The number of nitrogens with one attached hydrogen (secondary N) is 1. The van der Waals surface area contributed by atoms with Crippen LogP contribution in [0.2, 0.25) is 0 Å². The van der Waals surface area contributed by atoms with Gasteiger partial charge in [0.2, 0.25) is 5.91 Å². The van der Waals surface area contributed by atoms with Crippen LogP contribution < -0.4 is 5.32 Å². The number of carbonyl (C=O) groups is 1. The number of alkyl halides is 1. The molecular weight excluding hydrogens is 288 g/mol. The molecule has 2 aromatic rings. The largest absolute Gasteiger partial charge is 0.354 e. The molecule has 2 rings (SSSR count). The van der Waals surface area contributed by atoms with Gasteiger partial charge in [0.15, 0.2) is 0 Å². The number of nitrogens with zero attached hydrogens (tertiary/aromatic N) is 3. The Morgan fingerprint density at radius 2 is 2.19 bits per heavy atom. The third-order valence-corrected chi connectivity index (χ3v) is 3.52. The van der Waals surface area contributed by atoms with Crippen molar-refractivity contribution in [2.24, 2.45) is 5.92 Å². The Morgan fingerprint density at radius 1 is 1.43 bits per heavy atom. The van der Waals surface area contributed by atoms with Crippen LogP contribution >= 0.6 is 11.6 Å². The van der Waals surface area contributed by atoms with E-state index in [1.54, 1.807) is 12.4 Å². The molecule has 1 amide bonds. The molecule has 0 spiro atoms. The fourth-order valence-corrected chi connectivity index (χ4v) is 2.43. The van der Waals surface area contributed by atoms with Crippen molar-refractivity contribution in [3.63, 3.8) is 0 Å². The highest BCUT2D eigenvalue weighted by Crippen LogP contribution is 2.21. The lowest BCUT2D eigenvalue weighted by Gasteiger charge is -2.18. The molecule has 0 aromatic carbocycles. The van der Waals surface area contributed by atoms with Gasteiger partial charge in [-0.2, -0.15) is 0 Å². The van der Waals surface area contributed by atoms with Crippen molar-refractivity contribution in [1.29, 1.82) is 0 Å². The molecule has 5 nitrogen and oxygen atoms in total. The van der Waals surface area contributed by atoms with Gasteiger partial charge in [0.25, 0.3) is 0 Å². The molecule has 1 atom stereocenters. The van der Waals surface area contributed by atoms with E-state index in [0.717, 1.165) is 16.9 Å². The first-order valence-electron chi connectivity index (χ1n) is 7.19. The van der Waals surface area contributed by atoms with Crippen LogP contribution in [-0.2, 0) is 11.2 Å². The summed E-state index contributed by atoms with van der Waals surface area (Å²) in [5.74, 6) is 1.71.